The number of halogens is 1. The zero-order chi connectivity index (χ0) is 20.1. The van der Waals surface area contributed by atoms with Crippen LogP contribution >= 0.6 is 0 Å². The quantitative estimate of drug-likeness (QED) is 0.281. The van der Waals surface area contributed by atoms with Gasteiger partial charge in [0.05, 0.1) is 13.2 Å². The summed E-state index contributed by atoms with van der Waals surface area (Å²) in [4.78, 5) is 28.5. The molecule has 3 aromatic rings. The van der Waals surface area contributed by atoms with Gasteiger partial charge in [0.25, 0.3) is 0 Å². The minimum Gasteiger partial charge on any atom is -0.504 e. The first-order chi connectivity index (χ1) is 13.5. The molecule has 0 saturated heterocycles. The van der Waals surface area contributed by atoms with Crippen LogP contribution in [0.3, 0.4) is 0 Å². The van der Waals surface area contributed by atoms with Crippen molar-refractivity contribution < 1.29 is 23.8 Å². The number of ketones is 1. The molecule has 8 nitrogen and oxygen atoms in total. The maximum atomic E-state index is 14.0. The number of esters is 1. The predicted octanol–water partition coefficient (Wildman–Crippen LogP) is 2.75. The Balaban J connectivity index is 1.94. The van der Waals surface area contributed by atoms with Crippen LogP contribution in [-0.2, 0) is 11.3 Å². The third-order valence-electron chi connectivity index (χ3n) is 3.88. The summed E-state index contributed by atoms with van der Waals surface area (Å²) in [5.41, 5.74) is 0.572. The van der Waals surface area contributed by atoms with Gasteiger partial charge in [-0.15, -0.1) is 0 Å². The minimum atomic E-state index is -0.639. The molecule has 0 saturated carbocycles. The van der Waals surface area contributed by atoms with E-state index < -0.39 is 23.3 Å². The lowest BCUT2D eigenvalue weighted by Crippen LogP contribution is -2.12. The Labute approximate surface area is 159 Å². The van der Waals surface area contributed by atoms with E-state index in [0.717, 1.165) is 6.08 Å². The highest BCUT2D eigenvalue weighted by molar-refractivity contribution is 6.08. The van der Waals surface area contributed by atoms with Crippen LogP contribution in [-0.4, -0.2) is 43.2 Å². The summed E-state index contributed by atoms with van der Waals surface area (Å²) in [6.07, 6.45) is 3.61. The van der Waals surface area contributed by atoms with Crippen molar-refractivity contribution in [1.29, 1.82) is 0 Å². The molecular formula is C19H17FN4O4. The molecule has 0 aliphatic carbocycles. The van der Waals surface area contributed by atoms with E-state index in [1.165, 1.54) is 29.2 Å². The molecule has 0 aliphatic heterocycles. The predicted molar refractivity (Wildman–Crippen MR) is 97.2 cm³/mol. The Morgan fingerprint density at radius 1 is 1.36 bits per heavy atom. The molecule has 0 fully saturated rings. The number of allylic oxidation sites excluding steroid dienone is 1. The maximum Gasteiger partial charge on any atom is 0.354 e. The van der Waals surface area contributed by atoms with Gasteiger partial charge >= 0.3 is 5.97 Å². The molecule has 3 rings (SSSR count). The van der Waals surface area contributed by atoms with E-state index in [-0.39, 0.29) is 30.2 Å². The highest BCUT2D eigenvalue weighted by Gasteiger charge is 2.19. The van der Waals surface area contributed by atoms with Crippen molar-refractivity contribution in [2.75, 3.05) is 6.61 Å². The van der Waals surface area contributed by atoms with Crippen LogP contribution in [0.1, 0.15) is 39.2 Å². The van der Waals surface area contributed by atoms with Gasteiger partial charge < -0.3 is 14.4 Å². The number of carbonyl (C=O) groups excluding carboxylic acids is 2. The average Bonchev–Trinajstić information content (AvgIpc) is 3.34. The number of aromatic amines is 1. The number of nitrogens with one attached hydrogen (secondary N) is 1. The molecule has 2 aromatic heterocycles. The highest BCUT2D eigenvalue weighted by atomic mass is 19.1. The van der Waals surface area contributed by atoms with E-state index in [1.807, 2.05) is 0 Å². The number of aliphatic hydroxyl groups is 1. The van der Waals surface area contributed by atoms with Gasteiger partial charge in [0.15, 0.2) is 11.5 Å². The van der Waals surface area contributed by atoms with Gasteiger partial charge in [0.2, 0.25) is 5.82 Å². The van der Waals surface area contributed by atoms with Gasteiger partial charge in [-0.3, -0.25) is 9.89 Å². The van der Waals surface area contributed by atoms with E-state index in [0.29, 0.717) is 5.56 Å². The number of aliphatic hydroxyl groups excluding tert-OH is 1. The summed E-state index contributed by atoms with van der Waals surface area (Å²) in [7, 11) is 0. The molecule has 0 unspecified atom stereocenters. The molecule has 144 valence electrons. The van der Waals surface area contributed by atoms with Crippen molar-refractivity contribution in [2.24, 2.45) is 0 Å². The molecule has 28 heavy (non-hydrogen) atoms. The van der Waals surface area contributed by atoms with E-state index in [1.54, 1.807) is 25.1 Å². The van der Waals surface area contributed by atoms with Gasteiger partial charge in [0, 0.05) is 23.4 Å². The summed E-state index contributed by atoms with van der Waals surface area (Å²) >= 11 is 0. The zero-order valence-corrected chi connectivity index (χ0v) is 14.9. The van der Waals surface area contributed by atoms with Gasteiger partial charge in [0.1, 0.15) is 17.8 Å². The summed E-state index contributed by atoms with van der Waals surface area (Å²) in [6.45, 7) is 1.84. The summed E-state index contributed by atoms with van der Waals surface area (Å²) in [6, 6.07) is 7.47. The molecule has 2 N–H and O–H groups in total. The first kappa shape index (κ1) is 19.0. The van der Waals surface area contributed by atoms with Crippen molar-refractivity contribution in [2.45, 2.75) is 13.5 Å². The molecule has 0 amide bonds. The second kappa shape index (κ2) is 8.30. The fourth-order valence-electron chi connectivity index (χ4n) is 2.57. The smallest absolute Gasteiger partial charge is 0.354 e. The van der Waals surface area contributed by atoms with Crippen LogP contribution in [0.2, 0.25) is 0 Å². The number of carbonyl (C=O) groups is 2. The molecular weight excluding hydrogens is 367 g/mol. The Morgan fingerprint density at radius 2 is 2.14 bits per heavy atom. The van der Waals surface area contributed by atoms with Gasteiger partial charge in [-0.05, 0) is 19.1 Å². The Bertz CT molecular complexity index is 1020. The van der Waals surface area contributed by atoms with Gasteiger partial charge in [-0.2, -0.15) is 5.10 Å². The second-order valence-corrected chi connectivity index (χ2v) is 5.77. The zero-order valence-electron chi connectivity index (χ0n) is 14.9. The van der Waals surface area contributed by atoms with E-state index in [4.69, 9.17) is 4.74 Å². The van der Waals surface area contributed by atoms with Crippen LogP contribution in [0.25, 0.3) is 5.76 Å². The fourth-order valence-corrected chi connectivity index (χ4v) is 2.57. The number of ether oxygens (including phenoxy) is 1. The Kier molecular flexibility index (Phi) is 5.64. The van der Waals surface area contributed by atoms with Gasteiger partial charge in [-0.1, -0.05) is 18.2 Å². The highest BCUT2D eigenvalue weighted by Crippen LogP contribution is 2.17. The lowest BCUT2D eigenvalue weighted by atomic mass is 10.2. The number of rotatable bonds is 7. The monoisotopic (exact) mass is 384 g/mol. The SMILES string of the molecule is CCOC(=O)c1cc(C(=O)C=C(O)c2nc[nH]n2)cn1Cc1ccccc1F. The first-order valence-corrected chi connectivity index (χ1v) is 8.41. The van der Waals surface area contributed by atoms with Crippen LogP contribution in [0.5, 0.6) is 0 Å². The van der Waals surface area contributed by atoms with Crippen molar-refractivity contribution in [3.63, 3.8) is 0 Å². The number of benzene rings is 1. The van der Waals surface area contributed by atoms with Crippen LogP contribution in [0.15, 0.2) is 48.9 Å². The van der Waals surface area contributed by atoms with E-state index in [9.17, 15) is 19.1 Å². The Morgan fingerprint density at radius 3 is 2.82 bits per heavy atom. The number of H-pyrrole nitrogens is 1. The van der Waals surface area contributed by atoms with Crippen molar-refractivity contribution in [1.82, 2.24) is 19.7 Å². The lowest BCUT2D eigenvalue weighted by molar-refractivity contribution is 0.0514. The van der Waals surface area contributed by atoms with Crippen molar-refractivity contribution >= 4 is 17.5 Å². The lowest BCUT2D eigenvalue weighted by Gasteiger charge is -2.09. The molecule has 0 spiro atoms. The third kappa shape index (κ3) is 4.14. The standard InChI is InChI=1S/C19H17FN4O4/c1-2-28-19(27)15-7-13(16(25)8-17(26)18-21-11-22-23-18)10-24(15)9-12-5-3-4-6-14(12)20/h3-8,10-11,26H,2,9H2,1H3,(H,21,22,23). The van der Waals surface area contributed by atoms with Gasteiger partial charge in [-0.25, -0.2) is 14.2 Å². The van der Waals surface area contributed by atoms with E-state index in [2.05, 4.69) is 15.2 Å². The molecule has 0 bridgehead atoms. The molecule has 0 atom stereocenters. The summed E-state index contributed by atoms with van der Waals surface area (Å²) < 4.78 is 20.4. The largest absolute Gasteiger partial charge is 0.504 e. The molecule has 2 heterocycles. The average molecular weight is 384 g/mol. The maximum absolute atomic E-state index is 14.0. The number of aromatic nitrogens is 4. The second-order valence-electron chi connectivity index (χ2n) is 5.77. The molecule has 0 aliphatic rings. The van der Waals surface area contributed by atoms with E-state index >= 15 is 0 Å². The van der Waals surface area contributed by atoms with Crippen LogP contribution < -0.4 is 0 Å². The number of nitrogens with zero attached hydrogens (tertiary/aromatic N) is 3. The number of hydrogen-bond donors (Lipinski definition) is 2. The molecule has 0 radical (unpaired) electrons. The topological polar surface area (TPSA) is 110 Å². The van der Waals surface area contributed by atoms with Crippen molar-refractivity contribution in [3.05, 3.63) is 77.4 Å². The van der Waals surface area contributed by atoms with Crippen LogP contribution in [0.4, 0.5) is 4.39 Å². The van der Waals surface area contributed by atoms with Crippen molar-refractivity contribution in [3.8, 4) is 0 Å². The fraction of sp³-hybridized carbons (Fsp3) is 0.158. The number of hydrogen-bond acceptors (Lipinski definition) is 6. The Hall–Kier alpha value is -3.75. The minimum absolute atomic E-state index is 0.0325. The molecule has 1 aromatic carbocycles. The summed E-state index contributed by atoms with van der Waals surface area (Å²) in [5, 5.41) is 16.0. The van der Waals surface area contributed by atoms with Crippen LogP contribution in [0, 0.1) is 5.82 Å². The summed E-state index contributed by atoms with van der Waals surface area (Å²) in [5.74, 6) is -2.10. The first-order valence-electron chi connectivity index (χ1n) is 8.41. The normalized spacial score (nSPS) is 11.4. The third-order valence-corrected chi connectivity index (χ3v) is 3.88. The molecule has 9 heteroatoms.